The second-order valence-electron chi connectivity index (χ2n) is 2.31. The number of alkyl halides is 1. The summed E-state index contributed by atoms with van der Waals surface area (Å²) in [5, 5.41) is 0. The molecule has 0 spiro atoms. The summed E-state index contributed by atoms with van der Waals surface area (Å²) < 4.78 is 0. The van der Waals surface area contributed by atoms with Gasteiger partial charge < -0.3 is 0 Å². The van der Waals surface area contributed by atoms with Crippen molar-refractivity contribution in [3.05, 3.63) is 30.1 Å². The molecule has 0 aliphatic rings. The maximum atomic E-state index is 5.65. The Morgan fingerprint density at radius 2 is 2.40 bits per heavy atom. The SMILES string of the molecule is CC(CCl)c1ccccn1. The quantitative estimate of drug-likeness (QED) is 0.598. The Bertz CT molecular complexity index is 186. The van der Waals surface area contributed by atoms with Crippen LogP contribution < -0.4 is 0 Å². The van der Waals surface area contributed by atoms with E-state index < -0.39 is 0 Å². The number of hydrogen-bond donors (Lipinski definition) is 0. The van der Waals surface area contributed by atoms with Crippen LogP contribution in [-0.4, -0.2) is 10.9 Å². The fourth-order valence-corrected chi connectivity index (χ4v) is 0.905. The molecule has 1 aromatic heterocycles. The first kappa shape index (κ1) is 7.55. The summed E-state index contributed by atoms with van der Waals surface area (Å²) in [6.07, 6.45) is 1.79. The second kappa shape index (κ2) is 3.57. The number of rotatable bonds is 2. The molecule has 10 heavy (non-hydrogen) atoms. The third-order valence-electron chi connectivity index (χ3n) is 1.42. The van der Waals surface area contributed by atoms with Crippen LogP contribution in [0.15, 0.2) is 24.4 Å². The van der Waals surface area contributed by atoms with Gasteiger partial charge in [-0.3, -0.25) is 4.98 Å². The number of pyridine rings is 1. The summed E-state index contributed by atoms with van der Waals surface area (Å²) in [4.78, 5) is 4.17. The predicted octanol–water partition coefficient (Wildman–Crippen LogP) is 2.42. The third kappa shape index (κ3) is 1.71. The maximum absolute atomic E-state index is 5.65. The van der Waals surface area contributed by atoms with E-state index in [1.807, 2.05) is 18.2 Å². The Hall–Kier alpha value is -0.560. The summed E-state index contributed by atoms with van der Waals surface area (Å²) in [6.45, 7) is 2.06. The lowest BCUT2D eigenvalue weighted by atomic mass is 10.1. The minimum absolute atomic E-state index is 0.364. The molecule has 0 aliphatic heterocycles. The van der Waals surface area contributed by atoms with Crippen molar-refractivity contribution in [3.63, 3.8) is 0 Å². The van der Waals surface area contributed by atoms with Gasteiger partial charge in [-0.25, -0.2) is 0 Å². The standard InChI is InChI=1S/C8H10ClN/c1-7(6-9)8-4-2-3-5-10-8/h2-5,7H,6H2,1H3. The molecular weight excluding hydrogens is 146 g/mol. The number of nitrogens with zero attached hydrogens (tertiary/aromatic N) is 1. The van der Waals surface area contributed by atoms with Gasteiger partial charge in [0.25, 0.3) is 0 Å². The van der Waals surface area contributed by atoms with Gasteiger partial charge in [-0.1, -0.05) is 13.0 Å². The van der Waals surface area contributed by atoms with E-state index in [9.17, 15) is 0 Å². The lowest BCUT2D eigenvalue weighted by Crippen LogP contribution is -1.96. The minimum atomic E-state index is 0.364. The third-order valence-corrected chi connectivity index (χ3v) is 1.89. The molecule has 0 bridgehead atoms. The van der Waals surface area contributed by atoms with Crippen LogP contribution in [0.5, 0.6) is 0 Å². The highest BCUT2D eigenvalue weighted by molar-refractivity contribution is 6.18. The highest BCUT2D eigenvalue weighted by atomic mass is 35.5. The monoisotopic (exact) mass is 155 g/mol. The molecular formula is C8H10ClN. The van der Waals surface area contributed by atoms with Gasteiger partial charge in [0, 0.05) is 23.7 Å². The van der Waals surface area contributed by atoms with Crippen molar-refractivity contribution in [2.24, 2.45) is 0 Å². The largest absolute Gasteiger partial charge is 0.261 e. The van der Waals surface area contributed by atoms with Gasteiger partial charge in [0.1, 0.15) is 0 Å². The van der Waals surface area contributed by atoms with Crippen molar-refractivity contribution >= 4 is 11.6 Å². The van der Waals surface area contributed by atoms with Gasteiger partial charge in [-0.15, -0.1) is 11.6 Å². The smallest absolute Gasteiger partial charge is 0.0443 e. The first-order valence-corrected chi connectivity index (χ1v) is 3.85. The Balaban J connectivity index is 2.75. The number of aromatic nitrogens is 1. The van der Waals surface area contributed by atoms with E-state index >= 15 is 0 Å². The van der Waals surface area contributed by atoms with E-state index in [1.165, 1.54) is 0 Å². The highest BCUT2D eigenvalue weighted by Crippen LogP contribution is 2.12. The molecule has 0 radical (unpaired) electrons. The minimum Gasteiger partial charge on any atom is -0.261 e. The molecule has 0 saturated heterocycles. The lowest BCUT2D eigenvalue weighted by Gasteiger charge is -2.03. The lowest BCUT2D eigenvalue weighted by molar-refractivity contribution is 0.830. The van der Waals surface area contributed by atoms with E-state index in [0.29, 0.717) is 11.8 Å². The van der Waals surface area contributed by atoms with Crippen LogP contribution in [0.3, 0.4) is 0 Å². The average Bonchev–Trinajstić information content (AvgIpc) is 2.05. The van der Waals surface area contributed by atoms with E-state index in [1.54, 1.807) is 6.20 Å². The van der Waals surface area contributed by atoms with Crippen molar-refractivity contribution in [1.29, 1.82) is 0 Å². The molecule has 54 valence electrons. The van der Waals surface area contributed by atoms with Gasteiger partial charge in [-0.05, 0) is 12.1 Å². The van der Waals surface area contributed by atoms with Crippen molar-refractivity contribution < 1.29 is 0 Å². The van der Waals surface area contributed by atoms with Gasteiger partial charge >= 0.3 is 0 Å². The molecule has 1 aromatic rings. The Kier molecular flexibility index (Phi) is 2.69. The zero-order chi connectivity index (χ0) is 7.40. The molecule has 0 N–H and O–H groups in total. The van der Waals surface area contributed by atoms with Gasteiger partial charge in [-0.2, -0.15) is 0 Å². The molecule has 1 nitrogen and oxygen atoms in total. The van der Waals surface area contributed by atoms with Crippen LogP contribution in [0.4, 0.5) is 0 Å². The van der Waals surface area contributed by atoms with E-state index in [2.05, 4.69) is 11.9 Å². The summed E-state index contributed by atoms with van der Waals surface area (Å²) in [5.74, 6) is 1.000. The van der Waals surface area contributed by atoms with E-state index in [0.717, 1.165) is 5.69 Å². The van der Waals surface area contributed by atoms with Crippen molar-refractivity contribution in [1.82, 2.24) is 4.98 Å². The van der Waals surface area contributed by atoms with Crippen LogP contribution in [0, 0.1) is 0 Å². The molecule has 0 amide bonds. The molecule has 1 unspecified atom stereocenters. The van der Waals surface area contributed by atoms with Crippen LogP contribution in [-0.2, 0) is 0 Å². The molecule has 2 heteroatoms. The van der Waals surface area contributed by atoms with Crippen LogP contribution >= 0.6 is 11.6 Å². The van der Waals surface area contributed by atoms with E-state index in [4.69, 9.17) is 11.6 Å². The average molecular weight is 156 g/mol. The molecule has 0 saturated carbocycles. The first-order valence-electron chi connectivity index (χ1n) is 3.31. The molecule has 0 fully saturated rings. The number of hydrogen-bond acceptors (Lipinski definition) is 1. The van der Waals surface area contributed by atoms with Gasteiger partial charge in [0.2, 0.25) is 0 Å². The topological polar surface area (TPSA) is 12.9 Å². The van der Waals surface area contributed by atoms with Crippen LogP contribution in [0.2, 0.25) is 0 Å². The summed E-state index contributed by atoms with van der Waals surface area (Å²) in [5.41, 5.74) is 1.07. The Labute approximate surface area is 66.0 Å². The summed E-state index contributed by atoms with van der Waals surface area (Å²) in [6, 6.07) is 5.88. The fraction of sp³-hybridized carbons (Fsp3) is 0.375. The van der Waals surface area contributed by atoms with Crippen molar-refractivity contribution in [2.45, 2.75) is 12.8 Å². The number of halogens is 1. The molecule has 0 aliphatic carbocycles. The molecule has 1 rings (SSSR count). The van der Waals surface area contributed by atoms with Gasteiger partial charge in [0.05, 0.1) is 0 Å². The Morgan fingerprint density at radius 3 is 2.90 bits per heavy atom. The summed E-state index contributed by atoms with van der Waals surface area (Å²) in [7, 11) is 0. The first-order chi connectivity index (χ1) is 4.84. The fourth-order valence-electron chi connectivity index (χ4n) is 0.747. The highest BCUT2D eigenvalue weighted by Gasteiger charge is 2.02. The zero-order valence-corrected chi connectivity index (χ0v) is 6.67. The second-order valence-corrected chi connectivity index (χ2v) is 2.62. The summed E-state index contributed by atoms with van der Waals surface area (Å²) >= 11 is 5.65. The van der Waals surface area contributed by atoms with Crippen LogP contribution in [0.25, 0.3) is 0 Å². The predicted molar refractivity (Wildman–Crippen MR) is 43.4 cm³/mol. The van der Waals surface area contributed by atoms with Crippen molar-refractivity contribution in [3.8, 4) is 0 Å². The molecule has 0 aromatic carbocycles. The molecule has 1 heterocycles. The zero-order valence-electron chi connectivity index (χ0n) is 5.92. The Morgan fingerprint density at radius 1 is 1.60 bits per heavy atom. The van der Waals surface area contributed by atoms with Gasteiger partial charge in [0.15, 0.2) is 0 Å². The van der Waals surface area contributed by atoms with Crippen molar-refractivity contribution in [2.75, 3.05) is 5.88 Å². The normalized spacial score (nSPS) is 13.0. The molecule has 1 atom stereocenters. The van der Waals surface area contributed by atoms with Crippen LogP contribution in [0.1, 0.15) is 18.5 Å². The van der Waals surface area contributed by atoms with E-state index in [-0.39, 0.29) is 0 Å². The maximum Gasteiger partial charge on any atom is 0.0443 e.